The van der Waals surface area contributed by atoms with Gasteiger partial charge in [0.1, 0.15) is 11.2 Å². The Kier molecular flexibility index (Phi) is 3.97. The second-order valence-corrected chi connectivity index (χ2v) is 9.36. The van der Waals surface area contributed by atoms with Gasteiger partial charge in [0.15, 0.2) is 0 Å². The summed E-state index contributed by atoms with van der Waals surface area (Å²) in [5, 5.41) is 7.29. The van der Waals surface area contributed by atoms with Crippen LogP contribution in [0.15, 0.2) is 132 Å². The van der Waals surface area contributed by atoms with Crippen molar-refractivity contribution in [2.24, 2.45) is 0 Å². The van der Waals surface area contributed by atoms with Gasteiger partial charge in [0.05, 0.1) is 16.7 Å². The van der Waals surface area contributed by atoms with Crippen LogP contribution in [-0.4, -0.2) is 4.57 Å². The predicted molar refractivity (Wildman–Crippen MR) is 151 cm³/mol. The largest absolute Gasteiger partial charge is 0.455 e. The van der Waals surface area contributed by atoms with Gasteiger partial charge in [-0.05, 0) is 41.3 Å². The topological polar surface area (TPSA) is 18.1 Å². The van der Waals surface area contributed by atoms with Gasteiger partial charge in [-0.1, -0.05) is 97.1 Å². The van der Waals surface area contributed by atoms with Crippen LogP contribution >= 0.6 is 0 Å². The van der Waals surface area contributed by atoms with Crippen molar-refractivity contribution in [3.8, 4) is 16.8 Å². The summed E-state index contributed by atoms with van der Waals surface area (Å²) in [4.78, 5) is 0. The minimum Gasteiger partial charge on any atom is -0.455 e. The molecule has 0 spiro atoms. The molecule has 2 heterocycles. The van der Waals surface area contributed by atoms with Crippen molar-refractivity contribution < 1.29 is 4.42 Å². The summed E-state index contributed by atoms with van der Waals surface area (Å²) in [6.45, 7) is 0. The van der Waals surface area contributed by atoms with Gasteiger partial charge < -0.3 is 8.98 Å². The Morgan fingerprint density at radius 2 is 1.17 bits per heavy atom. The van der Waals surface area contributed by atoms with E-state index in [-0.39, 0.29) is 0 Å². The van der Waals surface area contributed by atoms with Crippen LogP contribution in [0.2, 0.25) is 0 Å². The molecule has 0 saturated carbocycles. The zero-order chi connectivity index (χ0) is 23.6. The van der Waals surface area contributed by atoms with Crippen molar-refractivity contribution in [1.82, 2.24) is 4.57 Å². The SMILES string of the molecule is c1ccc2c(-n3c4ccccc4c4cc(-c5cccc6c5oc5ccccc56)ccc43)cccc2c1. The van der Waals surface area contributed by atoms with Crippen molar-refractivity contribution in [3.63, 3.8) is 0 Å². The van der Waals surface area contributed by atoms with Crippen molar-refractivity contribution in [2.45, 2.75) is 0 Å². The number of hydrogen-bond donors (Lipinski definition) is 0. The van der Waals surface area contributed by atoms with Gasteiger partial charge in [-0.25, -0.2) is 0 Å². The van der Waals surface area contributed by atoms with E-state index in [4.69, 9.17) is 4.42 Å². The molecule has 0 N–H and O–H groups in total. The Morgan fingerprint density at radius 3 is 2.11 bits per heavy atom. The van der Waals surface area contributed by atoms with Gasteiger partial charge in [0, 0.05) is 32.5 Å². The minimum absolute atomic E-state index is 0.925. The fourth-order valence-corrected chi connectivity index (χ4v) is 5.78. The molecule has 0 atom stereocenters. The first-order valence-corrected chi connectivity index (χ1v) is 12.3. The van der Waals surface area contributed by atoms with Crippen LogP contribution in [0.1, 0.15) is 0 Å². The maximum Gasteiger partial charge on any atom is 0.143 e. The Morgan fingerprint density at radius 1 is 0.472 bits per heavy atom. The number of aromatic nitrogens is 1. The summed E-state index contributed by atoms with van der Waals surface area (Å²) in [5.41, 5.74) is 7.76. The second kappa shape index (κ2) is 7.34. The van der Waals surface area contributed by atoms with Crippen molar-refractivity contribution in [2.75, 3.05) is 0 Å². The van der Waals surface area contributed by atoms with Gasteiger partial charge in [-0.15, -0.1) is 0 Å². The van der Waals surface area contributed by atoms with Crippen molar-refractivity contribution >= 4 is 54.5 Å². The van der Waals surface area contributed by atoms with Gasteiger partial charge >= 0.3 is 0 Å². The lowest BCUT2D eigenvalue weighted by Gasteiger charge is -2.11. The monoisotopic (exact) mass is 459 g/mol. The van der Waals surface area contributed by atoms with E-state index in [1.165, 1.54) is 38.3 Å². The third-order valence-electron chi connectivity index (χ3n) is 7.40. The van der Waals surface area contributed by atoms with Crippen LogP contribution in [0.25, 0.3) is 71.3 Å². The normalized spacial score (nSPS) is 11.9. The number of para-hydroxylation sites is 3. The van der Waals surface area contributed by atoms with E-state index in [1.54, 1.807) is 0 Å². The molecule has 0 bridgehead atoms. The molecule has 0 fully saturated rings. The van der Waals surface area contributed by atoms with E-state index < -0.39 is 0 Å². The van der Waals surface area contributed by atoms with E-state index in [0.29, 0.717) is 0 Å². The number of rotatable bonds is 2. The lowest BCUT2D eigenvalue weighted by Crippen LogP contribution is -1.95. The summed E-state index contributed by atoms with van der Waals surface area (Å²) < 4.78 is 8.76. The molecule has 8 rings (SSSR count). The number of nitrogens with zero attached hydrogens (tertiary/aromatic N) is 1. The molecule has 2 aromatic heterocycles. The van der Waals surface area contributed by atoms with Gasteiger partial charge in [-0.2, -0.15) is 0 Å². The smallest absolute Gasteiger partial charge is 0.143 e. The molecule has 0 saturated heterocycles. The van der Waals surface area contributed by atoms with Crippen LogP contribution in [0.4, 0.5) is 0 Å². The highest BCUT2D eigenvalue weighted by Crippen LogP contribution is 2.39. The third kappa shape index (κ3) is 2.67. The Bertz CT molecular complexity index is 2100. The van der Waals surface area contributed by atoms with E-state index >= 15 is 0 Å². The van der Waals surface area contributed by atoms with E-state index in [2.05, 4.69) is 120 Å². The molecule has 2 heteroatoms. The summed E-state index contributed by atoms with van der Waals surface area (Å²) in [6, 6.07) is 45.4. The summed E-state index contributed by atoms with van der Waals surface area (Å²) in [6.07, 6.45) is 0. The average Bonchev–Trinajstić information content (AvgIpc) is 3.48. The highest BCUT2D eigenvalue weighted by molar-refractivity contribution is 6.14. The zero-order valence-electron chi connectivity index (χ0n) is 19.5. The second-order valence-electron chi connectivity index (χ2n) is 9.36. The lowest BCUT2D eigenvalue weighted by atomic mass is 10.0. The van der Waals surface area contributed by atoms with E-state index in [1.807, 2.05) is 12.1 Å². The first-order chi connectivity index (χ1) is 17.9. The highest BCUT2D eigenvalue weighted by Gasteiger charge is 2.16. The molecule has 6 aromatic carbocycles. The van der Waals surface area contributed by atoms with Crippen molar-refractivity contribution in [1.29, 1.82) is 0 Å². The standard InChI is InChI=1S/C34H21NO/c1-2-11-24-22(9-1)10-7-17-30(24)35-31-16-5-3-12-26(31)29-21-23(19-20-32(29)35)25-14-8-15-28-27-13-4-6-18-33(27)36-34(25)28/h1-21H. The maximum atomic E-state index is 6.36. The van der Waals surface area contributed by atoms with Gasteiger partial charge in [0.2, 0.25) is 0 Å². The summed E-state index contributed by atoms with van der Waals surface area (Å²) >= 11 is 0. The molecule has 168 valence electrons. The molecule has 0 aliphatic carbocycles. The highest BCUT2D eigenvalue weighted by atomic mass is 16.3. The number of furan rings is 1. The lowest BCUT2D eigenvalue weighted by molar-refractivity contribution is 0.670. The molecule has 0 aliphatic rings. The van der Waals surface area contributed by atoms with Crippen molar-refractivity contribution in [3.05, 3.63) is 127 Å². The molecule has 36 heavy (non-hydrogen) atoms. The fraction of sp³-hybridized carbons (Fsp3) is 0. The molecule has 0 amide bonds. The third-order valence-corrected chi connectivity index (χ3v) is 7.40. The van der Waals surface area contributed by atoms with E-state index in [9.17, 15) is 0 Å². The molecule has 0 unspecified atom stereocenters. The zero-order valence-corrected chi connectivity index (χ0v) is 19.5. The van der Waals surface area contributed by atoms with Crippen LogP contribution in [0.5, 0.6) is 0 Å². The number of hydrogen-bond acceptors (Lipinski definition) is 1. The first kappa shape index (κ1) is 19.5. The molecule has 2 nitrogen and oxygen atoms in total. The average molecular weight is 460 g/mol. The molecular formula is C34H21NO. The molecular weight excluding hydrogens is 438 g/mol. The van der Waals surface area contributed by atoms with Crippen LogP contribution < -0.4 is 0 Å². The molecule has 8 aromatic rings. The van der Waals surface area contributed by atoms with Crippen LogP contribution in [-0.2, 0) is 0 Å². The number of benzene rings is 6. The van der Waals surface area contributed by atoms with E-state index in [0.717, 1.165) is 33.1 Å². The quantitative estimate of drug-likeness (QED) is 0.252. The van der Waals surface area contributed by atoms with Crippen LogP contribution in [0, 0.1) is 0 Å². The van der Waals surface area contributed by atoms with Crippen LogP contribution in [0.3, 0.4) is 0 Å². The van der Waals surface area contributed by atoms with Gasteiger partial charge in [-0.3, -0.25) is 0 Å². The molecule has 0 aliphatic heterocycles. The predicted octanol–water partition coefficient (Wildman–Crippen LogP) is 9.50. The Balaban J connectivity index is 1.44. The summed E-state index contributed by atoms with van der Waals surface area (Å²) in [5.74, 6) is 0. The number of fused-ring (bicyclic) bond motifs is 7. The van der Waals surface area contributed by atoms with Gasteiger partial charge in [0.25, 0.3) is 0 Å². The molecule has 0 radical (unpaired) electrons. The Labute approximate surface area is 207 Å². The fourth-order valence-electron chi connectivity index (χ4n) is 5.78. The first-order valence-electron chi connectivity index (χ1n) is 12.3. The maximum absolute atomic E-state index is 6.36. The Hall–Kier alpha value is -4.82. The summed E-state index contributed by atoms with van der Waals surface area (Å²) in [7, 11) is 0. The minimum atomic E-state index is 0.925.